The average Bonchev–Trinajstić information content (AvgIpc) is 2.64. The largest absolute Gasteiger partial charge is 0.256 e. The van der Waals surface area contributed by atoms with Gasteiger partial charge < -0.3 is 0 Å². The second kappa shape index (κ2) is 7.96. The summed E-state index contributed by atoms with van der Waals surface area (Å²) >= 11 is 0. The smallest absolute Gasteiger partial charge is 0.0702 e. The van der Waals surface area contributed by atoms with Gasteiger partial charge in [-0.15, -0.1) is 0 Å². The van der Waals surface area contributed by atoms with Gasteiger partial charge in [0.05, 0.1) is 5.69 Å². The minimum atomic E-state index is 0.748. The average molecular weight is 322 g/mol. The molecule has 1 aliphatic carbocycles. The van der Waals surface area contributed by atoms with Crippen LogP contribution in [0.25, 0.3) is 11.3 Å². The fraction of sp³-hybridized carbons (Fsp3) is 0.522. The lowest BCUT2D eigenvalue weighted by Gasteiger charge is -2.34. The molecule has 1 nitrogen and oxygen atoms in total. The van der Waals surface area contributed by atoms with Gasteiger partial charge in [0, 0.05) is 11.8 Å². The lowest BCUT2D eigenvalue weighted by Crippen LogP contribution is -2.21. The van der Waals surface area contributed by atoms with Crippen molar-refractivity contribution in [2.75, 3.05) is 0 Å². The van der Waals surface area contributed by atoms with Crippen LogP contribution in [0.1, 0.15) is 69.9 Å². The van der Waals surface area contributed by atoms with E-state index in [4.69, 9.17) is 0 Å². The molecule has 0 bridgehead atoms. The van der Waals surface area contributed by atoms with Crippen molar-refractivity contribution in [1.82, 2.24) is 4.98 Å². The Balaban J connectivity index is 1.68. The number of aromatic nitrogens is 1. The maximum absolute atomic E-state index is 4.60. The molecule has 0 radical (unpaired) electrons. The zero-order valence-electron chi connectivity index (χ0n) is 15.5. The molecule has 3 rings (SSSR count). The number of benzene rings is 1. The van der Waals surface area contributed by atoms with E-state index in [0.29, 0.717) is 0 Å². The standard InChI is InChI=1S/C23H31N/c1-4-6-19-8-13-22(15-17(19)3)20-9-11-21(12-10-20)23-14-7-18(5-2)16-24-23/h7,9-12,14,16-17,19,22H,4-6,8,13,15H2,1-3H3/t17-,19-,22+/m1/s1. The maximum atomic E-state index is 4.60. The molecule has 0 N–H and O–H groups in total. The van der Waals surface area contributed by atoms with Gasteiger partial charge in [-0.05, 0) is 60.6 Å². The summed E-state index contributed by atoms with van der Waals surface area (Å²) in [4.78, 5) is 4.60. The van der Waals surface area contributed by atoms with E-state index in [0.717, 1.165) is 29.9 Å². The first-order valence-electron chi connectivity index (χ1n) is 9.76. The summed E-state index contributed by atoms with van der Waals surface area (Å²) in [6, 6.07) is 13.5. The van der Waals surface area contributed by atoms with Crippen molar-refractivity contribution in [2.45, 2.75) is 65.2 Å². The normalized spacial score (nSPS) is 24.0. The minimum absolute atomic E-state index is 0.748. The van der Waals surface area contributed by atoms with Crippen LogP contribution in [0.15, 0.2) is 42.6 Å². The Labute approximate surface area is 147 Å². The van der Waals surface area contributed by atoms with Gasteiger partial charge in [-0.3, -0.25) is 4.98 Å². The Bertz CT molecular complexity index is 626. The summed E-state index contributed by atoms with van der Waals surface area (Å²) < 4.78 is 0. The Morgan fingerprint density at radius 2 is 1.79 bits per heavy atom. The van der Waals surface area contributed by atoms with Crippen molar-refractivity contribution in [3.8, 4) is 11.3 Å². The van der Waals surface area contributed by atoms with E-state index < -0.39 is 0 Å². The lowest BCUT2D eigenvalue weighted by atomic mass is 9.71. The first kappa shape index (κ1) is 17.2. The molecule has 0 spiro atoms. The third-order valence-corrected chi connectivity index (χ3v) is 5.92. The highest BCUT2D eigenvalue weighted by Crippen LogP contribution is 2.41. The van der Waals surface area contributed by atoms with Gasteiger partial charge in [0.2, 0.25) is 0 Å². The van der Waals surface area contributed by atoms with Crippen LogP contribution >= 0.6 is 0 Å². The molecule has 0 aliphatic heterocycles. The highest BCUT2D eigenvalue weighted by atomic mass is 14.7. The molecular weight excluding hydrogens is 290 g/mol. The van der Waals surface area contributed by atoms with Crippen LogP contribution < -0.4 is 0 Å². The number of hydrogen-bond donors (Lipinski definition) is 0. The molecule has 0 saturated heterocycles. The van der Waals surface area contributed by atoms with E-state index in [1.165, 1.54) is 48.8 Å². The number of hydrogen-bond acceptors (Lipinski definition) is 1. The molecule has 1 fully saturated rings. The molecule has 128 valence electrons. The van der Waals surface area contributed by atoms with Crippen LogP contribution in [0.5, 0.6) is 0 Å². The zero-order valence-corrected chi connectivity index (χ0v) is 15.5. The van der Waals surface area contributed by atoms with E-state index in [-0.39, 0.29) is 0 Å². The Morgan fingerprint density at radius 1 is 1.00 bits per heavy atom. The quantitative estimate of drug-likeness (QED) is 0.602. The number of pyridine rings is 1. The van der Waals surface area contributed by atoms with Crippen LogP contribution in [-0.2, 0) is 6.42 Å². The molecule has 1 heteroatoms. The second-order valence-corrected chi connectivity index (χ2v) is 7.56. The van der Waals surface area contributed by atoms with Gasteiger partial charge in [-0.25, -0.2) is 0 Å². The summed E-state index contributed by atoms with van der Waals surface area (Å²) in [6.07, 6.45) is 9.90. The molecule has 1 heterocycles. The molecule has 1 aromatic heterocycles. The Kier molecular flexibility index (Phi) is 5.71. The van der Waals surface area contributed by atoms with Crippen LogP contribution in [0, 0.1) is 11.8 Å². The summed E-state index contributed by atoms with van der Waals surface area (Å²) in [7, 11) is 0. The first-order chi connectivity index (χ1) is 11.7. The topological polar surface area (TPSA) is 12.9 Å². The van der Waals surface area contributed by atoms with Crippen LogP contribution in [-0.4, -0.2) is 4.98 Å². The molecule has 0 unspecified atom stereocenters. The number of aryl methyl sites for hydroxylation is 1. The monoisotopic (exact) mass is 321 g/mol. The summed E-state index contributed by atoms with van der Waals surface area (Å²) in [5.74, 6) is 2.57. The van der Waals surface area contributed by atoms with Crippen molar-refractivity contribution in [1.29, 1.82) is 0 Å². The number of nitrogens with zero attached hydrogens (tertiary/aromatic N) is 1. The van der Waals surface area contributed by atoms with Crippen LogP contribution in [0.3, 0.4) is 0 Å². The summed E-state index contributed by atoms with van der Waals surface area (Å²) in [5.41, 5.74) is 5.13. The SMILES string of the molecule is CCC[C@@H]1CC[C@H](c2ccc(-c3ccc(CC)cn3)cc2)C[C@H]1C. The molecule has 1 aliphatic rings. The van der Waals surface area contributed by atoms with Gasteiger partial charge in [0.15, 0.2) is 0 Å². The van der Waals surface area contributed by atoms with Crippen molar-refractivity contribution < 1.29 is 0 Å². The van der Waals surface area contributed by atoms with Gasteiger partial charge >= 0.3 is 0 Å². The highest BCUT2D eigenvalue weighted by Gasteiger charge is 2.27. The van der Waals surface area contributed by atoms with Crippen molar-refractivity contribution in [2.24, 2.45) is 11.8 Å². The van der Waals surface area contributed by atoms with E-state index in [1.807, 2.05) is 6.20 Å². The van der Waals surface area contributed by atoms with Gasteiger partial charge in [-0.2, -0.15) is 0 Å². The van der Waals surface area contributed by atoms with E-state index >= 15 is 0 Å². The predicted molar refractivity (Wildman–Crippen MR) is 103 cm³/mol. The fourth-order valence-corrected chi connectivity index (χ4v) is 4.29. The third kappa shape index (κ3) is 3.88. The number of rotatable bonds is 5. The molecule has 2 aromatic rings. The molecule has 1 saturated carbocycles. The molecule has 24 heavy (non-hydrogen) atoms. The molecule has 0 amide bonds. The Morgan fingerprint density at radius 3 is 2.38 bits per heavy atom. The zero-order chi connectivity index (χ0) is 16.9. The lowest BCUT2D eigenvalue weighted by molar-refractivity contribution is 0.218. The van der Waals surface area contributed by atoms with Gasteiger partial charge in [0.25, 0.3) is 0 Å². The minimum Gasteiger partial charge on any atom is -0.256 e. The van der Waals surface area contributed by atoms with E-state index in [2.05, 4.69) is 62.2 Å². The summed E-state index contributed by atoms with van der Waals surface area (Å²) in [5, 5.41) is 0. The molecule has 3 atom stereocenters. The second-order valence-electron chi connectivity index (χ2n) is 7.56. The molecule has 1 aromatic carbocycles. The van der Waals surface area contributed by atoms with Gasteiger partial charge in [0.1, 0.15) is 0 Å². The molecular formula is C23H31N. The van der Waals surface area contributed by atoms with Crippen molar-refractivity contribution in [3.05, 3.63) is 53.7 Å². The summed E-state index contributed by atoms with van der Waals surface area (Å²) in [6.45, 7) is 6.94. The van der Waals surface area contributed by atoms with E-state index in [9.17, 15) is 0 Å². The van der Waals surface area contributed by atoms with Crippen molar-refractivity contribution >= 4 is 0 Å². The van der Waals surface area contributed by atoms with Gasteiger partial charge in [-0.1, -0.05) is 63.9 Å². The maximum Gasteiger partial charge on any atom is 0.0702 e. The van der Waals surface area contributed by atoms with Crippen molar-refractivity contribution in [3.63, 3.8) is 0 Å². The Hall–Kier alpha value is -1.63. The van der Waals surface area contributed by atoms with E-state index in [1.54, 1.807) is 0 Å². The van der Waals surface area contributed by atoms with Crippen LogP contribution in [0.4, 0.5) is 0 Å². The van der Waals surface area contributed by atoms with Crippen LogP contribution in [0.2, 0.25) is 0 Å². The predicted octanol–water partition coefficient (Wildman–Crippen LogP) is 6.63. The highest BCUT2D eigenvalue weighted by molar-refractivity contribution is 5.59. The first-order valence-corrected chi connectivity index (χ1v) is 9.76. The fourth-order valence-electron chi connectivity index (χ4n) is 4.29. The third-order valence-electron chi connectivity index (χ3n) is 5.92.